The van der Waals surface area contributed by atoms with E-state index in [0.29, 0.717) is 6.54 Å². The van der Waals surface area contributed by atoms with Gasteiger partial charge >= 0.3 is 0 Å². The SMILES string of the molecule is CCNC(=O)C(C)(C)CNC(=O)[C@@H](N)C(C)C. The van der Waals surface area contributed by atoms with E-state index in [4.69, 9.17) is 5.73 Å². The molecule has 5 nitrogen and oxygen atoms in total. The summed E-state index contributed by atoms with van der Waals surface area (Å²) >= 11 is 0. The molecule has 0 rings (SSSR count). The molecule has 0 aliphatic carbocycles. The van der Waals surface area contributed by atoms with Crippen molar-refractivity contribution >= 4 is 11.8 Å². The summed E-state index contributed by atoms with van der Waals surface area (Å²) in [5.74, 6) is -0.196. The van der Waals surface area contributed by atoms with E-state index in [1.165, 1.54) is 0 Å². The lowest BCUT2D eigenvalue weighted by molar-refractivity contribution is -0.130. The van der Waals surface area contributed by atoms with Gasteiger partial charge in [-0.15, -0.1) is 0 Å². The number of amides is 2. The number of nitrogens with one attached hydrogen (secondary N) is 2. The van der Waals surface area contributed by atoms with E-state index in [-0.39, 0.29) is 24.3 Å². The van der Waals surface area contributed by atoms with Gasteiger partial charge in [0.05, 0.1) is 11.5 Å². The van der Waals surface area contributed by atoms with Gasteiger partial charge in [-0.1, -0.05) is 13.8 Å². The quantitative estimate of drug-likeness (QED) is 0.625. The highest BCUT2D eigenvalue weighted by atomic mass is 16.2. The molecule has 0 fully saturated rings. The summed E-state index contributed by atoms with van der Waals surface area (Å²) in [6, 6.07) is -0.528. The van der Waals surface area contributed by atoms with Gasteiger partial charge in [-0.2, -0.15) is 0 Å². The van der Waals surface area contributed by atoms with Gasteiger partial charge in [0.1, 0.15) is 0 Å². The van der Waals surface area contributed by atoms with Gasteiger partial charge in [0.2, 0.25) is 11.8 Å². The largest absolute Gasteiger partial charge is 0.356 e. The molecule has 0 bridgehead atoms. The van der Waals surface area contributed by atoms with Crippen LogP contribution in [0.3, 0.4) is 0 Å². The number of nitrogens with two attached hydrogens (primary N) is 1. The molecular weight excluding hydrogens is 218 g/mol. The van der Waals surface area contributed by atoms with Crippen molar-refractivity contribution in [1.29, 1.82) is 0 Å². The molecule has 1 atom stereocenters. The number of carbonyl (C=O) groups is 2. The van der Waals surface area contributed by atoms with Crippen molar-refractivity contribution < 1.29 is 9.59 Å². The first-order chi connectivity index (χ1) is 7.72. The van der Waals surface area contributed by atoms with Gasteiger partial charge in [-0.3, -0.25) is 9.59 Å². The van der Waals surface area contributed by atoms with Gasteiger partial charge in [-0.05, 0) is 26.7 Å². The van der Waals surface area contributed by atoms with E-state index < -0.39 is 11.5 Å². The maximum absolute atomic E-state index is 11.7. The Hall–Kier alpha value is -1.10. The van der Waals surface area contributed by atoms with E-state index in [9.17, 15) is 9.59 Å². The van der Waals surface area contributed by atoms with Crippen LogP contribution in [0, 0.1) is 11.3 Å². The van der Waals surface area contributed by atoms with Crippen molar-refractivity contribution in [3.05, 3.63) is 0 Å². The molecular formula is C12H25N3O2. The first kappa shape index (κ1) is 15.9. The zero-order valence-corrected chi connectivity index (χ0v) is 11.5. The van der Waals surface area contributed by atoms with E-state index in [0.717, 1.165) is 0 Å². The molecule has 0 aromatic carbocycles. The Kier molecular flexibility index (Phi) is 6.16. The molecule has 100 valence electrons. The number of hydrogen-bond donors (Lipinski definition) is 3. The lowest BCUT2D eigenvalue weighted by atomic mass is 9.92. The second-order valence-electron chi connectivity index (χ2n) is 5.23. The summed E-state index contributed by atoms with van der Waals surface area (Å²) in [7, 11) is 0. The van der Waals surface area contributed by atoms with E-state index in [2.05, 4.69) is 10.6 Å². The van der Waals surface area contributed by atoms with E-state index in [1.54, 1.807) is 13.8 Å². The Morgan fingerprint density at radius 1 is 1.24 bits per heavy atom. The third kappa shape index (κ3) is 5.17. The molecule has 2 amide bonds. The minimum atomic E-state index is -0.623. The van der Waals surface area contributed by atoms with Crippen LogP contribution in [0.4, 0.5) is 0 Å². The number of rotatable bonds is 6. The summed E-state index contributed by atoms with van der Waals surface area (Å²) in [6.45, 7) is 10.1. The maximum Gasteiger partial charge on any atom is 0.237 e. The summed E-state index contributed by atoms with van der Waals surface area (Å²) in [5, 5.41) is 5.46. The molecule has 0 radical (unpaired) electrons. The number of carbonyl (C=O) groups excluding carboxylic acids is 2. The average molecular weight is 243 g/mol. The Balaban J connectivity index is 4.27. The Bertz CT molecular complexity index is 275. The lowest BCUT2D eigenvalue weighted by Crippen LogP contribution is -2.50. The van der Waals surface area contributed by atoms with Gasteiger partial charge in [0.15, 0.2) is 0 Å². The van der Waals surface area contributed by atoms with Crippen LogP contribution in [0.5, 0.6) is 0 Å². The third-order valence-corrected chi connectivity index (χ3v) is 2.68. The highest BCUT2D eigenvalue weighted by Gasteiger charge is 2.28. The highest BCUT2D eigenvalue weighted by Crippen LogP contribution is 2.13. The summed E-state index contributed by atoms with van der Waals surface area (Å²) in [6.07, 6.45) is 0. The Labute approximate surface area is 104 Å². The predicted molar refractivity (Wildman–Crippen MR) is 68.3 cm³/mol. The van der Waals surface area contributed by atoms with Crippen molar-refractivity contribution in [1.82, 2.24) is 10.6 Å². The topological polar surface area (TPSA) is 84.2 Å². The fourth-order valence-corrected chi connectivity index (χ4v) is 1.21. The molecule has 17 heavy (non-hydrogen) atoms. The number of hydrogen-bond acceptors (Lipinski definition) is 3. The molecule has 0 aliphatic rings. The first-order valence-electron chi connectivity index (χ1n) is 6.04. The van der Waals surface area contributed by atoms with Gasteiger partial charge < -0.3 is 16.4 Å². The van der Waals surface area contributed by atoms with Crippen molar-refractivity contribution in [2.45, 2.75) is 40.7 Å². The van der Waals surface area contributed by atoms with Crippen LogP contribution in [0.15, 0.2) is 0 Å². The van der Waals surface area contributed by atoms with Crippen LogP contribution in [0.25, 0.3) is 0 Å². The fourth-order valence-electron chi connectivity index (χ4n) is 1.21. The lowest BCUT2D eigenvalue weighted by Gasteiger charge is -2.25. The Morgan fingerprint density at radius 3 is 2.18 bits per heavy atom. The molecule has 0 aromatic rings. The van der Waals surface area contributed by atoms with Crippen LogP contribution in [0.1, 0.15) is 34.6 Å². The highest BCUT2D eigenvalue weighted by molar-refractivity contribution is 5.85. The molecule has 5 heteroatoms. The second kappa shape index (κ2) is 6.59. The van der Waals surface area contributed by atoms with Gasteiger partial charge in [0.25, 0.3) is 0 Å². The molecule has 0 saturated carbocycles. The fraction of sp³-hybridized carbons (Fsp3) is 0.833. The smallest absolute Gasteiger partial charge is 0.237 e. The van der Waals surface area contributed by atoms with Crippen molar-refractivity contribution in [2.75, 3.05) is 13.1 Å². The second-order valence-corrected chi connectivity index (χ2v) is 5.23. The summed E-state index contributed by atoms with van der Waals surface area (Å²) < 4.78 is 0. The monoisotopic (exact) mass is 243 g/mol. The van der Waals surface area contributed by atoms with Crippen LogP contribution < -0.4 is 16.4 Å². The van der Waals surface area contributed by atoms with Crippen molar-refractivity contribution in [3.63, 3.8) is 0 Å². The molecule has 0 aromatic heterocycles. The van der Waals surface area contributed by atoms with Gasteiger partial charge in [0, 0.05) is 13.1 Å². The standard InChI is InChI=1S/C12H25N3O2/c1-6-14-11(17)12(4,5)7-15-10(16)9(13)8(2)3/h8-9H,6-7,13H2,1-5H3,(H,14,17)(H,15,16)/t9-/m0/s1. The maximum atomic E-state index is 11.7. The molecule has 0 aliphatic heterocycles. The molecule has 0 spiro atoms. The van der Waals surface area contributed by atoms with Gasteiger partial charge in [-0.25, -0.2) is 0 Å². The minimum Gasteiger partial charge on any atom is -0.356 e. The summed E-state index contributed by atoms with van der Waals surface area (Å²) in [4.78, 5) is 23.3. The third-order valence-electron chi connectivity index (χ3n) is 2.68. The van der Waals surface area contributed by atoms with Crippen LogP contribution in [-0.2, 0) is 9.59 Å². The van der Waals surface area contributed by atoms with E-state index in [1.807, 2.05) is 20.8 Å². The molecule has 0 unspecified atom stereocenters. The first-order valence-corrected chi connectivity index (χ1v) is 6.04. The zero-order valence-electron chi connectivity index (χ0n) is 11.5. The normalized spacial score (nSPS) is 13.4. The zero-order chi connectivity index (χ0) is 13.6. The molecule has 0 saturated heterocycles. The van der Waals surface area contributed by atoms with Crippen molar-refractivity contribution in [3.8, 4) is 0 Å². The van der Waals surface area contributed by atoms with Crippen molar-refractivity contribution in [2.24, 2.45) is 17.1 Å². The predicted octanol–water partition coefficient (Wildman–Crippen LogP) is 0.248. The molecule has 0 heterocycles. The average Bonchev–Trinajstić information content (AvgIpc) is 2.25. The summed E-state index contributed by atoms with van der Waals surface area (Å²) in [5.41, 5.74) is 5.09. The van der Waals surface area contributed by atoms with Crippen LogP contribution >= 0.6 is 0 Å². The van der Waals surface area contributed by atoms with E-state index >= 15 is 0 Å². The Morgan fingerprint density at radius 2 is 1.76 bits per heavy atom. The molecule has 4 N–H and O–H groups in total. The van der Waals surface area contributed by atoms with Crippen LogP contribution in [0.2, 0.25) is 0 Å². The minimum absolute atomic E-state index is 0.0709. The van der Waals surface area contributed by atoms with Crippen LogP contribution in [-0.4, -0.2) is 30.9 Å².